The molecular formula is C14H10BrClN2OS. The zero-order valence-electron chi connectivity index (χ0n) is 10.2. The fourth-order valence-corrected chi connectivity index (χ4v) is 2.21. The number of halogens is 2. The highest BCUT2D eigenvalue weighted by atomic mass is 79.9. The Labute approximate surface area is 135 Å². The minimum absolute atomic E-state index is 0.233. The Morgan fingerprint density at radius 2 is 1.75 bits per heavy atom. The molecule has 3 nitrogen and oxygen atoms in total. The van der Waals surface area contributed by atoms with Crippen molar-refractivity contribution in [3.8, 4) is 0 Å². The molecule has 0 heterocycles. The number of carbonyl (C=O) groups excluding carboxylic acids is 1. The minimum atomic E-state index is -0.286. The lowest BCUT2D eigenvalue weighted by Gasteiger charge is -2.10. The molecule has 2 aromatic carbocycles. The van der Waals surface area contributed by atoms with Crippen molar-refractivity contribution in [2.75, 3.05) is 5.32 Å². The van der Waals surface area contributed by atoms with Gasteiger partial charge in [0.1, 0.15) is 0 Å². The van der Waals surface area contributed by atoms with Gasteiger partial charge in [-0.2, -0.15) is 0 Å². The number of anilines is 1. The molecule has 0 bridgehead atoms. The van der Waals surface area contributed by atoms with Gasteiger partial charge in [-0.05, 0) is 64.5 Å². The van der Waals surface area contributed by atoms with E-state index in [4.69, 9.17) is 23.8 Å². The van der Waals surface area contributed by atoms with E-state index in [0.29, 0.717) is 10.6 Å². The Morgan fingerprint density at radius 3 is 2.40 bits per heavy atom. The van der Waals surface area contributed by atoms with E-state index < -0.39 is 0 Å². The van der Waals surface area contributed by atoms with Crippen molar-refractivity contribution in [2.45, 2.75) is 0 Å². The van der Waals surface area contributed by atoms with Gasteiger partial charge in [-0.15, -0.1) is 0 Å². The molecule has 0 saturated heterocycles. The molecule has 0 atom stereocenters. The van der Waals surface area contributed by atoms with E-state index >= 15 is 0 Å². The largest absolute Gasteiger partial charge is 0.331 e. The van der Waals surface area contributed by atoms with Crippen molar-refractivity contribution in [3.05, 3.63) is 63.6 Å². The predicted molar refractivity (Wildman–Crippen MR) is 89.3 cm³/mol. The molecule has 2 rings (SSSR count). The van der Waals surface area contributed by atoms with Crippen LogP contribution in [0.4, 0.5) is 5.69 Å². The summed E-state index contributed by atoms with van der Waals surface area (Å²) in [6.07, 6.45) is 0. The van der Waals surface area contributed by atoms with Crippen molar-refractivity contribution in [3.63, 3.8) is 0 Å². The number of para-hydroxylation sites is 1. The van der Waals surface area contributed by atoms with Crippen LogP contribution in [0.3, 0.4) is 0 Å². The zero-order valence-corrected chi connectivity index (χ0v) is 13.3. The lowest BCUT2D eigenvalue weighted by atomic mass is 10.2. The molecular weight excluding hydrogens is 360 g/mol. The highest BCUT2D eigenvalue weighted by Crippen LogP contribution is 2.20. The fraction of sp³-hybridized carbons (Fsp3) is 0. The maximum absolute atomic E-state index is 11.9. The van der Waals surface area contributed by atoms with Gasteiger partial charge in [-0.3, -0.25) is 10.1 Å². The van der Waals surface area contributed by atoms with Crippen LogP contribution < -0.4 is 10.6 Å². The summed E-state index contributed by atoms with van der Waals surface area (Å²) >= 11 is 14.3. The van der Waals surface area contributed by atoms with Crippen LogP contribution in [0, 0.1) is 0 Å². The number of carbonyl (C=O) groups is 1. The molecule has 0 spiro atoms. The molecule has 0 unspecified atom stereocenters. The van der Waals surface area contributed by atoms with Crippen LogP contribution in [-0.4, -0.2) is 11.0 Å². The third kappa shape index (κ3) is 4.03. The van der Waals surface area contributed by atoms with Gasteiger partial charge in [0.2, 0.25) is 0 Å². The molecule has 1 amide bonds. The first-order chi connectivity index (χ1) is 9.56. The number of nitrogens with one attached hydrogen (secondary N) is 2. The first kappa shape index (κ1) is 15.0. The van der Waals surface area contributed by atoms with E-state index in [9.17, 15) is 4.79 Å². The average molecular weight is 370 g/mol. The Morgan fingerprint density at radius 1 is 1.10 bits per heavy atom. The van der Waals surface area contributed by atoms with Gasteiger partial charge in [-0.1, -0.05) is 23.7 Å². The summed E-state index contributed by atoms with van der Waals surface area (Å²) in [5, 5.41) is 6.37. The molecule has 0 saturated carbocycles. The van der Waals surface area contributed by atoms with Crippen molar-refractivity contribution >= 4 is 56.5 Å². The third-order valence-corrected chi connectivity index (χ3v) is 3.60. The Kier molecular flexibility index (Phi) is 5.11. The molecule has 102 valence electrons. The van der Waals surface area contributed by atoms with Crippen LogP contribution in [0.5, 0.6) is 0 Å². The van der Waals surface area contributed by atoms with Crippen LogP contribution >= 0.6 is 39.7 Å². The Balaban J connectivity index is 2.00. The molecule has 0 aliphatic carbocycles. The molecule has 0 radical (unpaired) electrons. The van der Waals surface area contributed by atoms with Gasteiger partial charge >= 0.3 is 0 Å². The van der Waals surface area contributed by atoms with Crippen molar-refractivity contribution in [2.24, 2.45) is 0 Å². The van der Waals surface area contributed by atoms with E-state index in [1.165, 1.54) is 0 Å². The van der Waals surface area contributed by atoms with Crippen LogP contribution in [0.15, 0.2) is 53.0 Å². The molecule has 20 heavy (non-hydrogen) atoms. The summed E-state index contributed by atoms with van der Waals surface area (Å²) < 4.78 is 0.864. The SMILES string of the molecule is O=C(NC(=S)Nc1ccccc1Br)c1ccc(Cl)cc1. The maximum Gasteiger partial charge on any atom is 0.257 e. The summed E-state index contributed by atoms with van der Waals surface area (Å²) in [5.41, 5.74) is 1.28. The van der Waals surface area contributed by atoms with Crippen molar-refractivity contribution in [1.29, 1.82) is 0 Å². The molecule has 0 aliphatic heterocycles. The Bertz CT molecular complexity index is 646. The number of thiocarbonyl (C=S) groups is 1. The second kappa shape index (κ2) is 6.83. The highest BCUT2D eigenvalue weighted by molar-refractivity contribution is 9.10. The van der Waals surface area contributed by atoms with Crippen molar-refractivity contribution in [1.82, 2.24) is 5.32 Å². The van der Waals surface area contributed by atoms with Gasteiger partial charge in [0.05, 0.1) is 5.69 Å². The second-order valence-electron chi connectivity index (χ2n) is 3.89. The maximum atomic E-state index is 11.9. The number of amides is 1. The van der Waals surface area contributed by atoms with E-state index in [1.807, 2.05) is 24.3 Å². The van der Waals surface area contributed by atoms with Gasteiger partial charge in [0.15, 0.2) is 5.11 Å². The summed E-state index contributed by atoms with van der Waals surface area (Å²) in [7, 11) is 0. The lowest BCUT2D eigenvalue weighted by molar-refractivity contribution is 0.0978. The molecule has 6 heteroatoms. The van der Waals surface area contributed by atoms with Gasteiger partial charge in [-0.25, -0.2) is 0 Å². The standard InChI is InChI=1S/C14H10BrClN2OS/c15-11-3-1-2-4-12(11)17-14(20)18-13(19)9-5-7-10(16)8-6-9/h1-8H,(H2,17,18,19,20). The van der Waals surface area contributed by atoms with E-state index in [1.54, 1.807) is 24.3 Å². The van der Waals surface area contributed by atoms with E-state index in [2.05, 4.69) is 26.6 Å². The lowest BCUT2D eigenvalue weighted by Crippen LogP contribution is -2.34. The quantitative estimate of drug-likeness (QED) is 0.778. The second-order valence-corrected chi connectivity index (χ2v) is 5.59. The Hall–Kier alpha value is -1.43. The smallest absolute Gasteiger partial charge is 0.257 e. The summed E-state index contributed by atoms with van der Waals surface area (Å²) in [4.78, 5) is 11.9. The van der Waals surface area contributed by atoms with Gasteiger partial charge < -0.3 is 5.32 Å². The van der Waals surface area contributed by atoms with E-state index in [0.717, 1.165) is 10.2 Å². The van der Waals surface area contributed by atoms with Crippen LogP contribution in [0.2, 0.25) is 5.02 Å². The zero-order chi connectivity index (χ0) is 14.5. The van der Waals surface area contributed by atoms with Gasteiger partial charge in [0, 0.05) is 15.1 Å². The first-order valence-electron chi connectivity index (χ1n) is 5.68. The van der Waals surface area contributed by atoms with E-state index in [-0.39, 0.29) is 11.0 Å². The summed E-state index contributed by atoms with van der Waals surface area (Å²) in [6.45, 7) is 0. The van der Waals surface area contributed by atoms with Gasteiger partial charge in [0.25, 0.3) is 5.91 Å². The number of benzene rings is 2. The van der Waals surface area contributed by atoms with Crippen LogP contribution in [-0.2, 0) is 0 Å². The first-order valence-corrected chi connectivity index (χ1v) is 7.26. The molecule has 2 N–H and O–H groups in total. The number of hydrogen-bond acceptors (Lipinski definition) is 2. The predicted octanol–water partition coefficient (Wildman–Crippen LogP) is 4.23. The van der Waals surface area contributed by atoms with Crippen molar-refractivity contribution < 1.29 is 4.79 Å². The molecule has 2 aromatic rings. The third-order valence-electron chi connectivity index (χ3n) is 2.46. The normalized spacial score (nSPS) is 9.90. The average Bonchev–Trinajstić information content (AvgIpc) is 2.42. The molecule has 0 aliphatic rings. The monoisotopic (exact) mass is 368 g/mol. The number of hydrogen-bond donors (Lipinski definition) is 2. The molecule has 0 aromatic heterocycles. The van der Waals surface area contributed by atoms with Crippen LogP contribution in [0.25, 0.3) is 0 Å². The molecule has 0 fully saturated rings. The summed E-state index contributed by atoms with van der Waals surface area (Å²) in [5.74, 6) is -0.286. The fourth-order valence-electron chi connectivity index (χ4n) is 1.49. The topological polar surface area (TPSA) is 41.1 Å². The highest BCUT2D eigenvalue weighted by Gasteiger charge is 2.08. The summed E-state index contributed by atoms with van der Waals surface area (Å²) in [6, 6.07) is 14.1. The minimum Gasteiger partial charge on any atom is -0.331 e. The number of rotatable bonds is 2. The van der Waals surface area contributed by atoms with Crippen LogP contribution in [0.1, 0.15) is 10.4 Å².